The van der Waals surface area contributed by atoms with Crippen LogP contribution in [0.1, 0.15) is 58.1 Å². The molecule has 1 fully saturated rings. The minimum Gasteiger partial charge on any atom is -0.448 e. The van der Waals surface area contributed by atoms with Gasteiger partial charge in [-0.1, -0.05) is 60.7 Å². The number of rotatable bonds is 2. The molecule has 196 valence electrons. The smallest absolute Gasteiger partial charge is 0.412 e. The molecule has 7 heteroatoms. The summed E-state index contributed by atoms with van der Waals surface area (Å²) in [6, 6.07) is 16.3. The maximum absolute atomic E-state index is 13.3. The summed E-state index contributed by atoms with van der Waals surface area (Å²) in [7, 11) is 0. The third kappa shape index (κ3) is 4.97. The Balaban J connectivity index is 1.30. The maximum Gasteiger partial charge on any atom is 0.412 e. The lowest BCUT2D eigenvalue weighted by molar-refractivity contribution is -0.0821. The zero-order valence-electron chi connectivity index (χ0n) is 22.3. The van der Waals surface area contributed by atoms with Crippen LogP contribution in [0.25, 0.3) is 11.1 Å². The number of benzene rings is 2. The second-order valence-corrected chi connectivity index (χ2v) is 11.4. The first-order valence-corrected chi connectivity index (χ1v) is 13.0. The zero-order valence-corrected chi connectivity index (χ0v) is 22.3. The van der Waals surface area contributed by atoms with Crippen LogP contribution in [0.15, 0.2) is 60.7 Å². The van der Waals surface area contributed by atoms with Crippen LogP contribution in [0.3, 0.4) is 0 Å². The van der Waals surface area contributed by atoms with E-state index in [0.717, 1.165) is 0 Å². The molecule has 7 nitrogen and oxygen atoms in total. The molecule has 1 saturated heterocycles. The monoisotopic (exact) mass is 504 g/mol. The number of nitrogens with zero attached hydrogens (tertiary/aromatic N) is 2. The number of fused-ring (bicyclic) bond motifs is 4. The third-order valence-electron chi connectivity index (χ3n) is 7.24. The summed E-state index contributed by atoms with van der Waals surface area (Å²) in [5, 5.41) is 0. The average molecular weight is 505 g/mol. The molecule has 0 spiro atoms. The van der Waals surface area contributed by atoms with Crippen LogP contribution in [-0.4, -0.2) is 65.2 Å². The number of carbonyl (C=O) groups excluding carboxylic acids is 2. The van der Waals surface area contributed by atoms with E-state index in [1.54, 1.807) is 9.80 Å². The normalized spacial score (nSPS) is 23.4. The van der Waals surface area contributed by atoms with Crippen LogP contribution in [0.5, 0.6) is 0 Å². The lowest BCUT2D eigenvalue weighted by Crippen LogP contribution is -2.51. The van der Waals surface area contributed by atoms with Crippen LogP contribution >= 0.6 is 0 Å². The van der Waals surface area contributed by atoms with E-state index >= 15 is 0 Å². The quantitative estimate of drug-likeness (QED) is 0.474. The van der Waals surface area contributed by atoms with Crippen LogP contribution < -0.4 is 0 Å². The maximum atomic E-state index is 13.3. The van der Waals surface area contributed by atoms with Gasteiger partial charge in [0.15, 0.2) is 0 Å². The molecule has 0 saturated carbocycles. The predicted molar refractivity (Wildman–Crippen MR) is 141 cm³/mol. The molecule has 2 heterocycles. The van der Waals surface area contributed by atoms with E-state index in [-0.39, 0.29) is 30.8 Å². The van der Waals surface area contributed by atoms with Crippen molar-refractivity contribution < 1.29 is 23.8 Å². The first-order valence-electron chi connectivity index (χ1n) is 13.0. The first-order chi connectivity index (χ1) is 17.5. The van der Waals surface area contributed by atoms with Gasteiger partial charge in [-0.2, -0.15) is 0 Å². The Morgan fingerprint density at radius 1 is 0.973 bits per heavy atom. The summed E-state index contributed by atoms with van der Waals surface area (Å²) in [6.45, 7) is 10.3. The van der Waals surface area contributed by atoms with E-state index in [1.807, 2.05) is 71.0 Å². The standard InChI is InChI=1S/C30H36N2O5/c1-29(2,3)37-28(34)32-25-16-10-11-17-31(18-26(25)36-30(32,4)5)27(33)35-19-24-22-14-8-6-12-20(22)21-13-7-9-15-23(21)24/h6-15,24-26H,16-19H2,1-5H3/b11-10-. The molecule has 2 aromatic rings. The summed E-state index contributed by atoms with van der Waals surface area (Å²) in [6.07, 6.45) is 3.44. The van der Waals surface area contributed by atoms with Crippen LogP contribution in [0, 0.1) is 0 Å². The van der Waals surface area contributed by atoms with Gasteiger partial charge in [0.05, 0.1) is 18.7 Å². The second-order valence-electron chi connectivity index (χ2n) is 11.4. The van der Waals surface area contributed by atoms with Gasteiger partial charge >= 0.3 is 12.2 Å². The van der Waals surface area contributed by atoms with Gasteiger partial charge in [0.1, 0.15) is 17.9 Å². The Kier molecular flexibility index (Phi) is 6.52. The van der Waals surface area contributed by atoms with Crippen LogP contribution in [-0.2, 0) is 14.2 Å². The highest BCUT2D eigenvalue weighted by Gasteiger charge is 2.51. The molecule has 0 radical (unpaired) electrons. The van der Waals surface area contributed by atoms with Gasteiger partial charge in [0.2, 0.25) is 0 Å². The minimum atomic E-state index is -0.858. The summed E-state index contributed by atoms with van der Waals surface area (Å²) in [5.41, 5.74) is 3.27. The molecular formula is C30H36N2O5. The molecular weight excluding hydrogens is 468 g/mol. The topological polar surface area (TPSA) is 68.3 Å². The van der Waals surface area contributed by atoms with Crippen molar-refractivity contribution in [3.8, 4) is 11.1 Å². The van der Waals surface area contributed by atoms with Crippen molar-refractivity contribution >= 4 is 12.2 Å². The molecule has 0 aromatic heterocycles. The zero-order chi connectivity index (χ0) is 26.4. The van der Waals surface area contributed by atoms with Crippen molar-refractivity contribution in [2.45, 2.75) is 70.4 Å². The molecule has 0 bridgehead atoms. The first kappa shape index (κ1) is 25.3. The van der Waals surface area contributed by atoms with Crippen LogP contribution in [0.2, 0.25) is 0 Å². The molecule has 2 aromatic carbocycles. The Morgan fingerprint density at radius 3 is 2.22 bits per heavy atom. The number of amides is 2. The molecule has 2 aliphatic heterocycles. The van der Waals surface area contributed by atoms with E-state index in [2.05, 4.69) is 24.3 Å². The minimum absolute atomic E-state index is 0.00118. The van der Waals surface area contributed by atoms with Gasteiger partial charge in [-0.25, -0.2) is 9.59 Å². The van der Waals surface area contributed by atoms with Gasteiger partial charge in [-0.3, -0.25) is 4.90 Å². The lowest BCUT2D eigenvalue weighted by Gasteiger charge is -2.35. The van der Waals surface area contributed by atoms with E-state index in [9.17, 15) is 9.59 Å². The van der Waals surface area contributed by atoms with Gasteiger partial charge in [0, 0.05) is 12.5 Å². The van der Waals surface area contributed by atoms with Crippen molar-refractivity contribution in [2.24, 2.45) is 0 Å². The number of hydrogen-bond donors (Lipinski definition) is 0. The molecule has 1 aliphatic carbocycles. The van der Waals surface area contributed by atoms with E-state index in [4.69, 9.17) is 14.2 Å². The highest BCUT2D eigenvalue weighted by atomic mass is 16.6. The summed E-state index contributed by atoms with van der Waals surface area (Å²) in [5.74, 6) is -0.00118. The molecule has 37 heavy (non-hydrogen) atoms. The highest BCUT2D eigenvalue weighted by molar-refractivity contribution is 5.79. The average Bonchev–Trinajstić information content (AvgIpc) is 3.26. The molecule has 2 unspecified atom stereocenters. The van der Waals surface area contributed by atoms with E-state index < -0.39 is 17.4 Å². The number of ether oxygens (including phenoxy) is 3. The van der Waals surface area contributed by atoms with Crippen molar-refractivity contribution in [1.82, 2.24) is 9.80 Å². The third-order valence-corrected chi connectivity index (χ3v) is 7.24. The Labute approximate surface area is 219 Å². The fraction of sp³-hybridized carbons (Fsp3) is 0.467. The van der Waals surface area contributed by atoms with Crippen molar-refractivity contribution in [1.29, 1.82) is 0 Å². The molecule has 2 atom stereocenters. The molecule has 2 amide bonds. The van der Waals surface area contributed by atoms with Gasteiger partial charge in [-0.05, 0) is 63.3 Å². The highest BCUT2D eigenvalue weighted by Crippen LogP contribution is 2.44. The Bertz CT molecular complexity index is 1170. The van der Waals surface area contributed by atoms with Gasteiger partial charge in [0.25, 0.3) is 0 Å². The van der Waals surface area contributed by atoms with Gasteiger partial charge in [-0.15, -0.1) is 0 Å². The van der Waals surface area contributed by atoms with E-state index in [1.165, 1.54) is 22.3 Å². The lowest BCUT2D eigenvalue weighted by atomic mass is 9.98. The summed E-state index contributed by atoms with van der Waals surface area (Å²) in [4.78, 5) is 29.7. The van der Waals surface area contributed by atoms with Crippen molar-refractivity contribution in [2.75, 3.05) is 19.7 Å². The largest absolute Gasteiger partial charge is 0.448 e. The second kappa shape index (κ2) is 9.53. The fourth-order valence-electron chi connectivity index (χ4n) is 5.72. The molecule has 5 rings (SSSR count). The van der Waals surface area contributed by atoms with Crippen molar-refractivity contribution in [3.63, 3.8) is 0 Å². The SMILES string of the molecule is CC(C)(C)OC(=O)N1C2C/C=C\CN(C(=O)OCC3c4ccccc4-c4ccccc43)CC2OC1(C)C. The van der Waals surface area contributed by atoms with Gasteiger partial charge < -0.3 is 19.1 Å². The summed E-state index contributed by atoms with van der Waals surface area (Å²) < 4.78 is 17.9. The molecule has 0 N–H and O–H groups in total. The van der Waals surface area contributed by atoms with Crippen LogP contribution in [0.4, 0.5) is 9.59 Å². The molecule has 3 aliphatic rings. The summed E-state index contributed by atoms with van der Waals surface area (Å²) >= 11 is 0. The fourth-order valence-corrected chi connectivity index (χ4v) is 5.72. The number of hydrogen-bond acceptors (Lipinski definition) is 5. The van der Waals surface area contributed by atoms with E-state index in [0.29, 0.717) is 19.5 Å². The number of carbonyl (C=O) groups is 2. The Hall–Kier alpha value is -3.32. The van der Waals surface area contributed by atoms with Crippen molar-refractivity contribution in [3.05, 3.63) is 71.8 Å². The Morgan fingerprint density at radius 2 is 1.59 bits per heavy atom. The predicted octanol–water partition coefficient (Wildman–Crippen LogP) is 5.94.